The zero-order valence-electron chi connectivity index (χ0n) is 13.7. The standard InChI is InChI=1S/C18H22N4.2ClH/c1-3-7-14(8-4-1)17-20-16-13-19-10-9-15(16)18(21-17)22-11-5-2-6-12-22;;/h1,3-4,7-8,19H,2,5-6,9-13H2;2*1H. The summed E-state index contributed by atoms with van der Waals surface area (Å²) in [6.07, 6.45) is 4.93. The molecular weight excluding hydrogens is 343 g/mol. The molecule has 0 spiro atoms. The number of aromatic nitrogens is 2. The fourth-order valence-electron chi connectivity index (χ4n) is 3.42. The van der Waals surface area contributed by atoms with Gasteiger partial charge in [-0.3, -0.25) is 0 Å². The van der Waals surface area contributed by atoms with E-state index in [0.717, 1.165) is 44.0 Å². The molecule has 3 heterocycles. The maximum Gasteiger partial charge on any atom is 0.161 e. The number of nitrogens with zero attached hydrogens (tertiary/aromatic N) is 3. The van der Waals surface area contributed by atoms with Gasteiger partial charge in [-0.15, -0.1) is 24.8 Å². The fourth-order valence-corrected chi connectivity index (χ4v) is 3.42. The molecule has 4 nitrogen and oxygen atoms in total. The summed E-state index contributed by atoms with van der Waals surface area (Å²) in [5, 5.41) is 3.44. The summed E-state index contributed by atoms with van der Waals surface area (Å²) in [7, 11) is 0. The largest absolute Gasteiger partial charge is 0.356 e. The Morgan fingerprint density at radius 1 is 0.917 bits per heavy atom. The number of fused-ring (bicyclic) bond motifs is 1. The van der Waals surface area contributed by atoms with Gasteiger partial charge < -0.3 is 10.2 Å². The third-order valence-electron chi connectivity index (χ3n) is 4.60. The van der Waals surface area contributed by atoms with Crippen molar-refractivity contribution in [3.8, 4) is 11.4 Å². The van der Waals surface area contributed by atoms with E-state index < -0.39 is 0 Å². The van der Waals surface area contributed by atoms with Gasteiger partial charge >= 0.3 is 0 Å². The average molecular weight is 367 g/mol. The molecule has 1 fully saturated rings. The van der Waals surface area contributed by atoms with Gasteiger partial charge in [0, 0.05) is 30.8 Å². The van der Waals surface area contributed by atoms with E-state index in [-0.39, 0.29) is 24.8 Å². The number of nitrogens with one attached hydrogen (secondary N) is 1. The molecule has 0 unspecified atom stereocenters. The lowest BCUT2D eigenvalue weighted by molar-refractivity contribution is 0.563. The van der Waals surface area contributed by atoms with E-state index in [9.17, 15) is 0 Å². The van der Waals surface area contributed by atoms with Gasteiger partial charge in [-0.2, -0.15) is 0 Å². The van der Waals surface area contributed by atoms with Crippen LogP contribution < -0.4 is 10.2 Å². The van der Waals surface area contributed by atoms with Gasteiger partial charge in [0.2, 0.25) is 0 Å². The number of benzene rings is 1. The molecule has 6 heteroatoms. The Balaban J connectivity index is 0.00000104. The Morgan fingerprint density at radius 3 is 2.42 bits per heavy atom. The minimum Gasteiger partial charge on any atom is -0.356 e. The van der Waals surface area contributed by atoms with E-state index in [1.165, 1.54) is 36.3 Å². The highest BCUT2D eigenvalue weighted by Gasteiger charge is 2.23. The second kappa shape index (κ2) is 8.65. The zero-order chi connectivity index (χ0) is 14.8. The number of halogens is 2. The van der Waals surface area contributed by atoms with Crippen molar-refractivity contribution in [3.05, 3.63) is 41.6 Å². The lowest BCUT2D eigenvalue weighted by atomic mass is 10.0. The molecule has 0 bridgehead atoms. The quantitative estimate of drug-likeness (QED) is 0.880. The second-order valence-corrected chi connectivity index (χ2v) is 6.14. The molecule has 2 aromatic rings. The summed E-state index contributed by atoms with van der Waals surface area (Å²) in [5.74, 6) is 2.05. The van der Waals surface area contributed by atoms with Gasteiger partial charge in [-0.05, 0) is 32.2 Å². The SMILES string of the molecule is Cl.Cl.c1ccc(-c2nc3c(c(N4CCCCC4)n2)CCNC3)cc1. The lowest BCUT2D eigenvalue weighted by Gasteiger charge is -2.31. The highest BCUT2D eigenvalue weighted by atomic mass is 35.5. The van der Waals surface area contributed by atoms with Crippen molar-refractivity contribution < 1.29 is 0 Å². The first-order valence-electron chi connectivity index (χ1n) is 8.33. The van der Waals surface area contributed by atoms with Gasteiger partial charge in [0.25, 0.3) is 0 Å². The highest BCUT2D eigenvalue weighted by Crippen LogP contribution is 2.29. The molecule has 2 aliphatic rings. The van der Waals surface area contributed by atoms with Crippen molar-refractivity contribution >= 4 is 30.6 Å². The highest BCUT2D eigenvalue weighted by molar-refractivity contribution is 5.85. The van der Waals surface area contributed by atoms with Crippen LogP contribution in [0.3, 0.4) is 0 Å². The van der Waals surface area contributed by atoms with E-state index in [1.807, 2.05) is 6.07 Å². The first-order chi connectivity index (χ1) is 10.9. The monoisotopic (exact) mass is 366 g/mol. The molecule has 0 saturated carbocycles. The minimum atomic E-state index is 0. The maximum atomic E-state index is 4.97. The molecule has 1 aromatic heterocycles. The van der Waals surface area contributed by atoms with Crippen LogP contribution in [0.4, 0.5) is 5.82 Å². The van der Waals surface area contributed by atoms with Crippen LogP contribution in [0.5, 0.6) is 0 Å². The molecule has 1 N–H and O–H groups in total. The van der Waals surface area contributed by atoms with Crippen LogP contribution in [0.15, 0.2) is 30.3 Å². The number of rotatable bonds is 2. The molecule has 24 heavy (non-hydrogen) atoms. The van der Waals surface area contributed by atoms with Gasteiger partial charge in [-0.1, -0.05) is 30.3 Å². The Morgan fingerprint density at radius 2 is 1.67 bits per heavy atom. The molecule has 0 atom stereocenters. The summed E-state index contributed by atoms with van der Waals surface area (Å²) >= 11 is 0. The van der Waals surface area contributed by atoms with E-state index >= 15 is 0 Å². The van der Waals surface area contributed by atoms with Crippen LogP contribution in [0.25, 0.3) is 11.4 Å². The smallest absolute Gasteiger partial charge is 0.161 e. The summed E-state index contributed by atoms with van der Waals surface area (Å²) in [6, 6.07) is 10.3. The van der Waals surface area contributed by atoms with Crippen LogP contribution in [0.2, 0.25) is 0 Å². The van der Waals surface area contributed by atoms with E-state index in [1.54, 1.807) is 0 Å². The maximum absolute atomic E-state index is 4.97. The Bertz CT molecular complexity index is 658. The van der Waals surface area contributed by atoms with Gasteiger partial charge in [0.15, 0.2) is 5.82 Å². The van der Waals surface area contributed by atoms with Crippen LogP contribution >= 0.6 is 24.8 Å². The summed E-state index contributed by atoms with van der Waals surface area (Å²) in [5.41, 5.74) is 3.65. The predicted octanol–water partition coefficient (Wildman–Crippen LogP) is 3.62. The van der Waals surface area contributed by atoms with Gasteiger partial charge in [-0.25, -0.2) is 9.97 Å². The van der Waals surface area contributed by atoms with Gasteiger partial charge in [0.05, 0.1) is 5.69 Å². The summed E-state index contributed by atoms with van der Waals surface area (Å²) in [6.45, 7) is 4.15. The van der Waals surface area contributed by atoms with Crippen molar-refractivity contribution in [2.24, 2.45) is 0 Å². The van der Waals surface area contributed by atoms with E-state index in [2.05, 4.69) is 34.5 Å². The first-order valence-corrected chi connectivity index (χ1v) is 8.33. The lowest BCUT2D eigenvalue weighted by Crippen LogP contribution is -2.34. The Kier molecular flexibility index (Phi) is 6.84. The summed E-state index contributed by atoms with van der Waals surface area (Å²) in [4.78, 5) is 12.3. The summed E-state index contributed by atoms with van der Waals surface area (Å²) < 4.78 is 0. The van der Waals surface area contributed by atoms with Crippen molar-refractivity contribution in [2.45, 2.75) is 32.2 Å². The molecule has 0 amide bonds. The molecule has 0 aliphatic carbocycles. The van der Waals surface area contributed by atoms with Crippen LogP contribution in [0.1, 0.15) is 30.5 Å². The number of hydrogen-bond acceptors (Lipinski definition) is 4. The molecular formula is C18H24Cl2N4. The Hall–Kier alpha value is -1.36. The molecule has 2 aliphatic heterocycles. The van der Waals surface area contributed by atoms with Gasteiger partial charge in [0.1, 0.15) is 5.82 Å². The topological polar surface area (TPSA) is 41.1 Å². The van der Waals surface area contributed by atoms with Crippen molar-refractivity contribution in [1.29, 1.82) is 0 Å². The Labute approximate surface area is 155 Å². The minimum absolute atomic E-state index is 0. The number of piperidine rings is 1. The van der Waals surface area contributed by atoms with E-state index in [0.29, 0.717) is 0 Å². The molecule has 130 valence electrons. The van der Waals surface area contributed by atoms with Crippen molar-refractivity contribution in [2.75, 3.05) is 24.5 Å². The zero-order valence-corrected chi connectivity index (χ0v) is 15.3. The van der Waals surface area contributed by atoms with E-state index in [4.69, 9.17) is 9.97 Å². The third-order valence-corrected chi connectivity index (χ3v) is 4.60. The molecule has 1 aromatic carbocycles. The molecule has 1 saturated heterocycles. The normalized spacial score (nSPS) is 16.6. The van der Waals surface area contributed by atoms with Crippen LogP contribution in [-0.2, 0) is 13.0 Å². The second-order valence-electron chi connectivity index (χ2n) is 6.14. The fraction of sp³-hybridized carbons (Fsp3) is 0.444. The molecule has 4 rings (SSSR count). The number of anilines is 1. The first kappa shape index (κ1) is 19.0. The van der Waals surface area contributed by atoms with Crippen molar-refractivity contribution in [3.63, 3.8) is 0 Å². The molecule has 0 radical (unpaired) electrons. The average Bonchev–Trinajstić information content (AvgIpc) is 2.62. The third kappa shape index (κ3) is 3.82. The predicted molar refractivity (Wildman–Crippen MR) is 103 cm³/mol. The van der Waals surface area contributed by atoms with Crippen molar-refractivity contribution in [1.82, 2.24) is 15.3 Å². The van der Waals surface area contributed by atoms with Crippen LogP contribution in [0, 0.1) is 0 Å². The van der Waals surface area contributed by atoms with Crippen LogP contribution in [-0.4, -0.2) is 29.6 Å². The number of hydrogen-bond donors (Lipinski definition) is 1.